The third-order valence-corrected chi connectivity index (χ3v) is 3.81. The molecule has 22 heavy (non-hydrogen) atoms. The average Bonchev–Trinajstić information content (AvgIpc) is 2.56. The molecule has 1 aliphatic rings. The van der Waals surface area contributed by atoms with Crippen LogP contribution < -0.4 is 10.6 Å². The van der Waals surface area contributed by atoms with Crippen LogP contribution in [0, 0.1) is 0 Å². The van der Waals surface area contributed by atoms with Gasteiger partial charge in [0.25, 0.3) is 0 Å². The lowest BCUT2D eigenvalue weighted by Gasteiger charge is -2.22. The molecule has 0 saturated carbocycles. The van der Waals surface area contributed by atoms with Crippen LogP contribution in [0.4, 0.5) is 0 Å². The van der Waals surface area contributed by atoms with Crippen LogP contribution in [0.5, 0.6) is 0 Å². The maximum Gasteiger partial charge on any atom is 0.239 e. The van der Waals surface area contributed by atoms with Gasteiger partial charge in [-0.2, -0.15) is 0 Å². The molecule has 0 aromatic heterocycles. The van der Waals surface area contributed by atoms with Crippen molar-refractivity contribution in [3.8, 4) is 0 Å². The van der Waals surface area contributed by atoms with E-state index in [1.165, 1.54) is 16.3 Å². The third kappa shape index (κ3) is 3.97. The highest BCUT2D eigenvalue weighted by Crippen LogP contribution is 2.18. The van der Waals surface area contributed by atoms with Crippen molar-refractivity contribution in [3.05, 3.63) is 48.0 Å². The zero-order valence-corrected chi connectivity index (χ0v) is 13.2. The van der Waals surface area contributed by atoms with Gasteiger partial charge in [-0.25, -0.2) is 0 Å². The fourth-order valence-electron chi connectivity index (χ4n) is 2.69. The lowest BCUT2D eigenvalue weighted by molar-refractivity contribution is -0.125. The van der Waals surface area contributed by atoms with Crippen LogP contribution in [-0.2, 0) is 16.0 Å². The Morgan fingerprint density at radius 3 is 2.86 bits per heavy atom. The number of rotatable bonds is 4. The molecule has 1 fully saturated rings. The summed E-state index contributed by atoms with van der Waals surface area (Å²) in [6.07, 6.45) is 0.834. The number of carbonyl (C=O) groups is 1. The third-order valence-electron chi connectivity index (χ3n) is 3.81. The van der Waals surface area contributed by atoms with E-state index in [1.54, 1.807) is 0 Å². The number of fused-ring (bicyclic) bond motifs is 1. The molecular weight excluding hydrogens is 300 g/mol. The molecule has 4 nitrogen and oxygen atoms in total. The van der Waals surface area contributed by atoms with E-state index in [1.807, 2.05) is 12.1 Å². The molecule has 1 aliphatic heterocycles. The Bertz CT molecular complexity index is 622. The summed E-state index contributed by atoms with van der Waals surface area (Å²) in [5.41, 5.74) is 1.27. The molecule has 2 aromatic carbocycles. The number of morpholine rings is 1. The first-order chi connectivity index (χ1) is 10.3. The summed E-state index contributed by atoms with van der Waals surface area (Å²) in [6, 6.07) is 14.4. The second kappa shape index (κ2) is 8.13. The Kier molecular flexibility index (Phi) is 6.19. The van der Waals surface area contributed by atoms with Gasteiger partial charge in [-0.3, -0.25) is 4.79 Å². The molecule has 0 radical (unpaired) electrons. The predicted octanol–water partition coefficient (Wildman–Crippen LogP) is 1.91. The first kappa shape index (κ1) is 16.7. The van der Waals surface area contributed by atoms with Crippen molar-refractivity contribution in [2.45, 2.75) is 12.5 Å². The van der Waals surface area contributed by atoms with Crippen molar-refractivity contribution in [2.24, 2.45) is 0 Å². The van der Waals surface area contributed by atoms with Crippen molar-refractivity contribution >= 4 is 29.1 Å². The summed E-state index contributed by atoms with van der Waals surface area (Å²) in [5, 5.41) is 8.64. The van der Waals surface area contributed by atoms with E-state index in [2.05, 4.69) is 41.0 Å². The Hall–Kier alpha value is -1.62. The predicted molar refractivity (Wildman–Crippen MR) is 90.5 cm³/mol. The van der Waals surface area contributed by atoms with Crippen LogP contribution in [0.25, 0.3) is 10.8 Å². The Labute approximate surface area is 136 Å². The molecule has 1 saturated heterocycles. The molecule has 0 aliphatic carbocycles. The Morgan fingerprint density at radius 2 is 2.05 bits per heavy atom. The van der Waals surface area contributed by atoms with Gasteiger partial charge >= 0.3 is 0 Å². The van der Waals surface area contributed by atoms with Crippen molar-refractivity contribution in [1.29, 1.82) is 0 Å². The van der Waals surface area contributed by atoms with E-state index in [0.29, 0.717) is 19.8 Å². The van der Waals surface area contributed by atoms with Crippen LogP contribution in [0.2, 0.25) is 0 Å². The van der Waals surface area contributed by atoms with E-state index in [4.69, 9.17) is 4.74 Å². The molecule has 0 spiro atoms. The number of ether oxygens (including phenoxy) is 1. The summed E-state index contributed by atoms with van der Waals surface area (Å²) >= 11 is 0. The topological polar surface area (TPSA) is 50.4 Å². The summed E-state index contributed by atoms with van der Waals surface area (Å²) in [4.78, 5) is 12.0. The highest BCUT2D eigenvalue weighted by molar-refractivity contribution is 5.86. The first-order valence-corrected chi connectivity index (χ1v) is 7.40. The summed E-state index contributed by atoms with van der Waals surface area (Å²) in [5.74, 6) is 0.0231. The van der Waals surface area contributed by atoms with Gasteiger partial charge in [0.05, 0.1) is 13.2 Å². The van der Waals surface area contributed by atoms with E-state index < -0.39 is 0 Å². The van der Waals surface area contributed by atoms with Gasteiger partial charge in [-0.15, -0.1) is 12.4 Å². The van der Waals surface area contributed by atoms with Crippen LogP contribution in [-0.4, -0.2) is 38.3 Å². The maximum absolute atomic E-state index is 12.0. The highest BCUT2D eigenvalue weighted by atomic mass is 35.5. The molecule has 118 valence electrons. The zero-order chi connectivity index (χ0) is 14.5. The standard InChI is InChI=1S/C17H20N2O2.ClH/c20-17(16-12-21-11-10-18-16)19-9-8-14-6-3-5-13-4-1-2-7-15(13)14;/h1-7,16,18H,8-12H2,(H,19,20);1H. The first-order valence-electron chi connectivity index (χ1n) is 7.40. The van der Waals surface area contributed by atoms with Crippen LogP contribution in [0.15, 0.2) is 42.5 Å². The van der Waals surface area contributed by atoms with E-state index in [9.17, 15) is 4.79 Å². The van der Waals surface area contributed by atoms with Crippen molar-refractivity contribution in [2.75, 3.05) is 26.3 Å². The molecule has 1 heterocycles. The number of amides is 1. The minimum atomic E-state index is -0.216. The zero-order valence-electron chi connectivity index (χ0n) is 12.4. The molecule has 0 bridgehead atoms. The monoisotopic (exact) mass is 320 g/mol. The molecular formula is C17H21ClN2O2. The van der Waals surface area contributed by atoms with Gasteiger partial charge in [0, 0.05) is 13.1 Å². The van der Waals surface area contributed by atoms with Gasteiger partial charge in [-0.05, 0) is 22.8 Å². The van der Waals surface area contributed by atoms with E-state index in [0.717, 1.165) is 13.0 Å². The molecule has 1 unspecified atom stereocenters. The molecule has 5 heteroatoms. The number of halogens is 1. The van der Waals surface area contributed by atoms with E-state index in [-0.39, 0.29) is 24.4 Å². The van der Waals surface area contributed by atoms with Gasteiger partial charge in [0.1, 0.15) is 6.04 Å². The lowest BCUT2D eigenvalue weighted by Crippen LogP contribution is -2.51. The van der Waals surface area contributed by atoms with Crippen LogP contribution in [0.3, 0.4) is 0 Å². The molecule has 2 aromatic rings. The van der Waals surface area contributed by atoms with Gasteiger partial charge < -0.3 is 15.4 Å². The van der Waals surface area contributed by atoms with Crippen LogP contribution >= 0.6 is 12.4 Å². The van der Waals surface area contributed by atoms with E-state index >= 15 is 0 Å². The average molecular weight is 321 g/mol. The lowest BCUT2D eigenvalue weighted by atomic mass is 10.0. The fraction of sp³-hybridized carbons (Fsp3) is 0.353. The minimum absolute atomic E-state index is 0. The smallest absolute Gasteiger partial charge is 0.239 e. The Morgan fingerprint density at radius 1 is 1.23 bits per heavy atom. The summed E-state index contributed by atoms with van der Waals surface area (Å²) in [7, 11) is 0. The molecule has 1 atom stereocenters. The largest absolute Gasteiger partial charge is 0.378 e. The fourth-order valence-corrected chi connectivity index (χ4v) is 2.69. The number of hydrogen-bond acceptors (Lipinski definition) is 3. The second-order valence-corrected chi connectivity index (χ2v) is 5.26. The normalized spacial score (nSPS) is 17.7. The minimum Gasteiger partial charge on any atom is -0.378 e. The van der Waals surface area contributed by atoms with Gasteiger partial charge in [0.15, 0.2) is 0 Å². The maximum atomic E-state index is 12.0. The summed E-state index contributed by atoms with van der Waals surface area (Å²) < 4.78 is 5.30. The number of benzene rings is 2. The molecule has 2 N–H and O–H groups in total. The van der Waals surface area contributed by atoms with Gasteiger partial charge in [-0.1, -0.05) is 42.5 Å². The Balaban J connectivity index is 0.00000176. The van der Waals surface area contributed by atoms with Crippen molar-refractivity contribution in [3.63, 3.8) is 0 Å². The van der Waals surface area contributed by atoms with Crippen LogP contribution in [0.1, 0.15) is 5.56 Å². The van der Waals surface area contributed by atoms with Gasteiger partial charge in [0.2, 0.25) is 5.91 Å². The number of carbonyl (C=O) groups excluding carboxylic acids is 1. The number of hydrogen-bond donors (Lipinski definition) is 2. The SMILES string of the molecule is Cl.O=C(NCCc1cccc2ccccc12)C1COCCN1. The second-order valence-electron chi connectivity index (χ2n) is 5.26. The quantitative estimate of drug-likeness (QED) is 0.905. The van der Waals surface area contributed by atoms with Crippen molar-refractivity contribution < 1.29 is 9.53 Å². The summed E-state index contributed by atoms with van der Waals surface area (Å²) in [6.45, 7) is 2.52. The number of nitrogens with one attached hydrogen (secondary N) is 2. The molecule has 1 amide bonds. The highest BCUT2D eigenvalue weighted by Gasteiger charge is 2.20. The van der Waals surface area contributed by atoms with Crippen molar-refractivity contribution in [1.82, 2.24) is 10.6 Å². The molecule has 3 rings (SSSR count).